The molecule has 4 N–H and O–H groups in total. The van der Waals surface area contributed by atoms with E-state index in [1.165, 1.54) is 0 Å². The lowest BCUT2D eigenvalue weighted by molar-refractivity contribution is -0.686. The molecule has 0 saturated heterocycles. The number of aliphatic hydroxyl groups is 1. The molecule has 0 bridgehead atoms. The van der Waals surface area contributed by atoms with Crippen LogP contribution in [0.5, 0.6) is 0 Å². The van der Waals surface area contributed by atoms with Crippen LogP contribution >= 0.6 is 0 Å². The predicted octanol–water partition coefficient (Wildman–Crippen LogP) is 2.01. The first-order valence-electron chi connectivity index (χ1n) is 12.1. The number of fused-ring (bicyclic) bond motifs is 1. The van der Waals surface area contributed by atoms with Crippen LogP contribution in [0.4, 0.5) is 26.3 Å². The quantitative estimate of drug-likeness (QED) is 0.199. The number of aliphatic carboxylic acids is 2. The molecule has 3 rings (SSSR count). The van der Waals surface area contributed by atoms with Gasteiger partial charge < -0.3 is 30.6 Å². The van der Waals surface area contributed by atoms with Crippen molar-refractivity contribution < 1.29 is 65.3 Å². The number of carboxylic acids is 2. The SMILES string of the molecule is CCn1c(CN)[n+](C[C@H](C)O)c2ccc(CC(=O)OCc3ccccc3)cc21.O=C(O)C(F)(F)F.O=C([O-])C(F)(F)F. The molecular weight excluding hydrogens is 580 g/mol. The Bertz CT molecular complexity index is 1320. The highest BCUT2D eigenvalue weighted by molar-refractivity contribution is 5.78. The highest BCUT2D eigenvalue weighted by Gasteiger charge is 2.38. The number of hydrogen-bond donors (Lipinski definition) is 3. The Morgan fingerprint density at radius 1 is 1.02 bits per heavy atom. The van der Waals surface area contributed by atoms with Gasteiger partial charge >= 0.3 is 24.3 Å². The number of nitrogens with zero attached hydrogens (tertiary/aromatic N) is 2. The van der Waals surface area contributed by atoms with Crippen LogP contribution in [0.3, 0.4) is 0 Å². The number of aliphatic hydroxyl groups excluding tert-OH is 1. The van der Waals surface area contributed by atoms with Gasteiger partial charge in [0.15, 0.2) is 11.0 Å². The maximum atomic E-state index is 12.3. The zero-order chi connectivity index (χ0) is 32.3. The largest absolute Gasteiger partial charge is 0.542 e. The number of halogens is 6. The summed E-state index contributed by atoms with van der Waals surface area (Å²) in [6.45, 7) is 5.72. The van der Waals surface area contributed by atoms with Crippen LogP contribution in [-0.2, 0) is 51.8 Å². The number of nitrogens with two attached hydrogens (primary N) is 1. The molecule has 1 atom stereocenters. The van der Waals surface area contributed by atoms with Gasteiger partial charge in [0.05, 0.1) is 25.6 Å². The fourth-order valence-electron chi connectivity index (χ4n) is 3.54. The lowest BCUT2D eigenvalue weighted by Crippen LogP contribution is -2.43. The second-order valence-corrected chi connectivity index (χ2v) is 8.56. The topological polar surface area (TPSA) is 159 Å². The van der Waals surface area contributed by atoms with Gasteiger partial charge in [-0.25, -0.2) is 13.9 Å². The summed E-state index contributed by atoms with van der Waals surface area (Å²) in [7, 11) is 0. The normalized spacial score (nSPS) is 12.0. The number of esters is 1. The van der Waals surface area contributed by atoms with Crippen molar-refractivity contribution in [3.8, 4) is 0 Å². The van der Waals surface area contributed by atoms with E-state index in [0.717, 1.165) is 34.5 Å². The molecule has 16 heteroatoms. The molecule has 1 heterocycles. The molecule has 10 nitrogen and oxygen atoms in total. The molecule has 0 radical (unpaired) electrons. The molecule has 0 amide bonds. The third kappa shape index (κ3) is 11.4. The first kappa shape index (κ1) is 35.8. The van der Waals surface area contributed by atoms with Crippen LogP contribution in [0, 0.1) is 0 Å². The van der Waals surface area contributed by atoms with Crippen molar-refractivity contribution in [1.29, 1.82) is 0 Å². The van der Waals surface area contributed by atoms with E-state index in [0.29, 0.717) is 13.1 Å². The van der Waals surface area contributed by atoms with Crippen molar-refractivity contribution >= 4 is 28.9 Å². The van der Waals surface area contributed by atoms with E-state index < -0.39 is 30.4 Å². The van der Waals surface area contributed by atoms with E-state index in [1.54, 1.807) is 6.92 Å². The van der Waals surface area contributed by atoms with Crippen molar-refractivity contribution in [3.63, 3.8) is 0 Å². The molecule has 0 aliphatic heterocycles. The maximum absolute atomic E-state index is 12.3. The molecule has 42 heavy (non-hydrogen) atoms. The third-order valence-corrected chi connectivity index (χ3v) is 5.26. The van der Waals surface area contributed by atoms with Crippen LogP contribution in [0.25, 0.3) is 11.0 Å². The van der Waals surface area contributed by atoms with Crippen molar-refractivity contribution in [3.05, 3.63) is 65.5 Å². The van der Waals surface area contributed by atoms with Gasteiger partial charge in [0.2, 0.25) is 0 Å². The molecule has 0 aliphatic carbocycles. The number of hydrogen-bond acceptors (Lipinski definition) is 7. The van der Waals surface area contributed by atoms with Crippen LogP contribution in [0.15, 0.2) is 48.5 Å². The fourth-order valence-corrected chi connectivity index (χ4v) is 3.54. The van der Waals surface area contributed by atoms with Crippen LogP contribution < -0.4 is 15.4 Å². The Morgan fingerprint density at radius 3 is 2.00 bits per heavy atom. The Morgan fingerprint density at radius 2 is 1.57 bits per heavy atom. The minimum atomic E-state index is -5.19. The van der Waals surface area contributed by atoms with E-state index >= 15 is 0 Å². The molecule has 2 aromatic carbocycles. The van der Waals surface area contributed by atoms with Crippen molar-refractivity contribution in [2.24, 2.45) is 5.73 Å². The number of ether oxygens (including phenoxy) is 1. The van der Waals surface area contributed by atoms with Gasteiger partial charge in [-0.1, -0.05) is 36.4 Å². The lowest BCUT2D eigenvalue weighted by Gasteiger charge is -2.05. The highest BCUT2D eigenvalue weighted by Crippen LogP contribution is 2.18. The highest BCUT2D eigenvalue weighted by atomic mass is 19.4. The zero-order valence-electron chi connectivity index (χ0n) is 22.4. The summed E-state index contributed by atoms with van der Waals surface area (Å²) in [6.07, 6.45) is -10.5. The van der Waals surface area contributed by atoms with Crippen LogP contribution in [0.1, 0.15) is 30.8 Å². The van der Waals surface area contributed by atoms with E-state index in [9.17, 15) is 36.2 Å². The number of imidazole rings is 1. The Hall–Kier alpha value is -4.18. The van der Waals surface area contributed by atoms with Gasteiger partial charge in [-0.3, -0.25) is 4.79 Å². The maximum Gasteiger partial charge on any atom is 0.490 e. The van der Waals surface area contributed by atoms with E-state index in [4.69, 9.17) is 30.3 Å². The molecule has 0 spiro atoms. The van der Waals surface area contributed by atoms with E-state index in [1.807, 2.05) is 48.5 Å². The summed E-state index contributed by atoms with van der Waals surface area (Å²) >= 11 is 0. The van der Waals surface area contributed by atoms with Crippen LogP contribution in [-0.4, -0.2) is 51.1 Å². The predicted molar refractivity (Wildman–Crippen MR) is 132 cm³/mol. The smallest absolute Gasteiger partial charge is 0.490 e. The number of alkyl halides is 6. The first-order chi connectivity index (χ1) is 19.4. The van der Waals surface area contributed by atoms with Gasteiger partial charge in [-0.05, 0) is 37.1 Å². The van der Waals surface area contributed by atoms with Crippen molar-refractivity contribution in [2.45, 2.75) is 65.0 Å². The minimum Gasteiger partial charge on any atom is -0.542 e. The summed E-state index contributed by atoms with van der Waals surface area (Å²) < 4.78 is 72.9. The zero-order valence-corrected chi connectivity index (χ0v) is 22.4. The summed E-state index contributed by atoms with van der Waals surface area (Å²) in [5.74, 6) is -5.06. The molecule has 1 aromatic heterocycles. The Labute approximate surface area is 235 Å². The Balaban J connectivity index is 0.000000522. The van der Waals surface area contributed by atoms with E-state index in [2.05, 4.69) is 16.1 Å². The lowest BCUT2D eigenvalue weighted by atomic mass is 10.1. The van der Waals surface area contributed by atoms with Crippen molar-refractivity contribution in [1.82, 2.24) is 4.57 Å². The number of aromatic nitrogens is 2. The van der Waals surface area contributed by atoms with Crippen molar-refractivity contribution in [2.75, 3.05) is 0 Å². The molecular formula is C26H29F6N3O7. The molecule has 232 valence electrons. The minimum absolute atomic E-state index is 0.214. The molecule has 3 aromatic rings. The number of carbonyl (C=O) groups is 3. The third-order valence-electron chi connectivity index (χ3n) is 5.26. The van der Waals surface area contributed by atoms with Gasteiger partial charge in [-0.2, -0.15) is 26.3 Å². The number of carbonyl (C=O) groups excluding carboxylic acids is 2. The molecule has 0 saturated carbocycles. The summed E-state index contributed by atoms with van der Waals surface area (Å²) in [6, 6.07) is 15.6. The Kier molecular flexibility index (Phi) is 13.4. The van der Waals surface area contributed by atoms with Gasteiger partial charge in [0, 0.05) is 0 Å². The number of aryl methyl sites for hydroxylation is 1. The number of rotatable bonds is 8. The van der Waals surface area contributed by atoms with Gasteiger partial charge in [-0.15, -0.1) is 0 Å². The second-order valence-electron chi connectivity index (χ2n) is 8.56. The second kappa shape index (κ2) is 15.7. The molecule has 0 fully saturated rings. The summed E-state index contributed by atoms with van der Waals surface area (Å²) in [5.41, 5.74) is 9.86. The monoisotopic (exact) mass is 609 g/mol. The fraction of sp³-hybridized carbons (Fsp3) is 0.385. The average Bonchev–Trinajstić information content (AvgIpc) is 3.18. The van der Waals surface area contributed by atoms with Crippen LogP contribution in [0.2, 0.25) is 0 Å². The summed E-state index contributed by atoms with van der Waals surface area (Å²) in [4.78, 5) is 29.9. The summed E-state index contributed by atoms with van der Waals surface area (Å²) in [5, 5.41) is 25.8. The average molecular weight is 610 g/mol. The molecule has 0 unspecified atom stereocenters. The van der Waals surface area contributed by atoms with Gasteiger partial charge in [0.25, 0.3) is 5.82 Å². The first-order valence-corrected chi connectivity index (χ1v) is 12.1. The van der Waals surface area contributed by atoms with E-state index in [-0.39, 0.29) is 19.0 Å². The van der Waals surface area contributed by atoms with Gasteiger partial charge in [0.1, 0.15) is 19.1 Å². The number of carboxylic acid groups (broad SMARTS) is 2. The number of benzene rings is 2. The molecule has 0 aliphatic rings. The standard InChI is InChI=1S/C22H28N3O3.2C2HF3O2/c1-3-24-20-11-18(12-22(27)28-15-17-7-5-4-6-8-17)9-10-19(20)25(14-16(2)26)21(24)13-23;2*3-2(4,5)1(6)7/h4-11,16,26H,3,12-15,23H2,1-2H3;2*(H,6,7)/q+1;;/p-1/t16-;;/m0../s1.